The molecule has 0 aliphatic carbocycles. The van der Waals surface area contributed by atoms with Gasteiger partial charge in [-0.25, -0.2) is 13.1 Å². The summed E-state index contributed by atoms with van der Waals surface area (Å²) in [5.74, 6) is -0.832. The first-order chi connectivity index (χ1) is 15.8. The predicted octanol–water partition coefficient (Wildman–Crippen LogP) is 1.81. The van der Waals surface area contributed by atoms with Gasteiger partial charge in [0, 0.05) is 38.2 Å². The summed E-state index contributed by atoms with van der Waals surface area (Å²) in [7, 11) is -3.94. The number of carbonyl (C=O) groups excluding carboxylic acids is 2. The summed E-state index contributed by atoms with van der Waals surface area (Å²) in [5.41, 5.74) is 0.368. The zero-order valence-corrected chi connectivity index (χ0v) is 18.5. The number of hydrogen-bond donors (Lipinski definition) is 3. The van der Waals surface area contributed by atoms with Crippen LogP contribution < -0.4 is 15.4 Å². The second-order valence-electron chi connectivity index (χ2n) is 7.34. The lowest BCUT2D eigenvalue weighted by Crippen LogP contribution is -2.32. The number of nitro groups is 1. The number of carbonyl (C=O) groups is 2. The Kier molecular flexibility index (Phi) is 8.09. The summed E-state index contributed by atoms with van der Waals surface area (Å²) < 4.78 is 32.4. The smallest absolute Gasteiger partial charge is 0.269 e. The maximum absolute atomic E-state index is 12.5. The van der Waals surface area contributed by atoms with Crippen molar-refractivity contribution < 1.29 is 27.7 Å². The van der Waals surface area contributed by atoms with E-state index in [2.05, 4.69) is 15.4 Å². The van der Waals surface area contributed by atoms with Crippen LogP contribution in [0, 0.1) is 10.1 Å². The summed E-state index contributed by atoms with van der Waals surface area (Å²) in [6, 6.07) is 10.9. The fourth-order valence-corrected chi connectivity index (χ4v) is 4.27. The molecule has 0 saturated carbocycles. The Bertz CT molecular complexity index is 1110. The fourth-order valence-electron chi connectivity index (χ4n) is 3.24. The average molecular weight is 477 g/mol. The van der Waals surface area contributed by atoms with Crippen molar-refractivity contribution in [3.05, 3.63) is 64.2 Å². The zero-order chi connectivity index (χ0) is 23.8. The van der Waals surface area contributed by atoms with Crippen LogP contribution in [0.5, 0.6) is 0 Å². The molecule has 176 valence electrons. The van der Waals surface area contributed by atoms with E-state index in [-0.39, 0.29) is 41.1 Å². The van der Waals surface area contributed by atoms with Gasteiger partial charge in [-0.2, -0.15) is 0 Å². The molecule has 0 radical (unpaired) electrons. The number of benzene rings is 2. The molecule has 0 bridgehead atoms. The predicted molar refractivity (Wildman–Crippen MR) is 119 cm³/mol. The highest BCUT2D eigenvalue weighted by Crippen LogP contribution is 2.17. The molecule has 2 aromatic carbocycles. The van der Waals surface area contributed by atoms with Crippen molar-refractivity contribution >= 4 is 33.2 Å². The Morgan fingerprint density at radius 2 is 1.85 bits per heavy atom. The molecule has 0 spiro atoms. The van der Waals surface area contributed by atoms with Crippen LogP contribution in [0.4, 0.5) is 11.4 Å². The van der Waals surface area contributed by atoms with Crippen LogP contribution in [0.15, 0.2) is 53.4 Å². The molecule has 1 heterocycles. The number of rotatable bonds is 10. The minimum Gasteiger partial charge on any atom is -0.376 e. The van der Waals surface area contributed by atoms with Crippen molar-refractivity contribution in [3.8, 4) is 0 Å². The van der Waals surface area contributed by atoms with Crippen LogP contribution in [0.1, 0.15) is 29.6 Å². The fraction of sp³-hybridized carbons (Fsp3) is 0.333. The van der Waals surface area contributed by atoms with Crippen LogP contribution in [0.3, 0.4) is 0 Å². The van der Waals surface area contributed by atoms with Gasteiger partial charge < -0.3 is 15.4 Å². The minimum atomic E-state index is -3.94. The van der Waals surface area contributed by atoms with E-state index in [9.17, 15) is 28.1 Å². The molecule has 2 amide bonds. The maximum Gasteiger partial charge on any atom is 0.269 e. The summed E-state index contributed by atoms with van der Waals surface area (Å²) in [6.07, 6.45) is 1.65. The van der Waals surface area contributed by atoms with Crippen molar-refractivity contribution in [3.63, 3.8) is 0 Å². The van der Waals surface area contributed by atoms with Gasteiger partial charge in [0.15, 0.2) is 0 Å². The van der Waals surface area contributed by atoms with Crippen molar-refractivity contribution in [2.24, 2.45) is 0 Å². The number of nitrogens with zero attached hydrogens (tertiary/aromatic N) is 1. The molecule has 3 rings (SSSR count). The Balaban J connectivity index is 1.52. The van der Waals surface area contributed by atoms with E-state index in [4.69, 9.17) is 4.74 Å². The van der Waals surface area contributed by atoms with Crippen LogP contribution in [0.2, 0.25) is 0 Å². The third kappa shape index (κ3) is 6.81. The Hall–Kier alpha value is -3.35. The van der Waals surface area contributed by atoms with Gasteiger partial charge in [-0.05, 0) is 37.1 Å². The Morgan fingerprint density at radius 1 is 1.12 bits per heavy atom. The number of para-hydroxylation sites is 1. The third-order valence-electron chi connectivity index (χ3n) is 4.96. The van der Waals surface area contributed by atoms with E-state index in [0.717, 1.165) is 37.1 Å². The Labute approximate surface area is 190 Å². The van der Waals surface area contributed by atoms with Crippen molar-refractivity contribution in [1.29, 1.82) is 0 Å². The zero-order valence-electron chi connectivity index (χ0n) is 17.7. The first-order valence-electron chi connectivity index (χ1n) is 10.3. The number of amides is 2. The van der Waals surface area contributed by atoms with Gasteiger partial charge in [-0.15, -0.1) is 0 Å². The molecule has 0 aromatic heterocycles. The maximum atomic E-state index is 12.5. The molecule has 3 N–H and O–H groups in total. The largest absolute Gasteiger partial charge is 0.376 e. The molecule has 1 fully saturated rings. The molecule has 1 unspecified atom stereocenters. The molecule has 11 nitrogen and oxygen atoms in total. The number of sulfonamides is 1. The van der Waals surface area contributed by atoms with E-state index < -0.39 is 20.9 Å². The van der Waals surface area contributed by atoms with Gasteiger partial charge in [0.2, 0.25) is 15.9 Å². The Morgan fingerprint density at radius 3 is 2.52 bits per heavy atom. The minimum absolute atomic E-state index is 0.0144. The van der Waals surface area contributed by atoms with E-state index in [1.165, 1.54) is 0 Å². The van der Waals surface area contributed by atoms with Gasteiger partial charge in [-0.3, -0.25) is 19.7 Å². The van der Waals surface area contributed by atoms with E-state index in [1.807, 2.05) is 0 Å². The van der Waals surface area contributed by atoms with E-state index in [0.29, 0.717) is 18.8 Å². The number of non-ortho nitro benzene ring substituents is 1. The van der Waals surface area contributed by atoms with Crippen molar-refractivity contribution in [2.45, 2.75) is 30.3 Å². The van der Waals surface area contributed by atoms with Gasteiger partial charge in [-0.1, -0.05) is 12.1 Å². The summed E-state index contributed by atoms with van der Waals surface area (Å²) >= 11 is 0. The normalized spacial score (nSPS) is 15.7. The molecule has 1 aliphatic heterocycles. The van der Waals surface area contributed by atoms with Gasteiger partial charge >= 0.3 is 0 Å². The summed E-state index contributed by atoms with van der Waals surface area (Å²) in [6.45, 7) is 0.866. The van der Waals surface area contributed by atoms with Gasteiger partial charge in [0.1, 0.15) is 0 Å². The second kappa shape index (κ2) is 11.0. The highest BCUT2D eigenvalue weighted by molar-refractivity contribution is 7.89. The average Bonchev–Trinajstić information content (AvgIpc) is 3.31. The highest BCUT2D eigenvalue weighted by Gasteiger charge is 2.19. The first-order valence-corrected chi connectivity index (χ1v) is 11.8. The molecular weight excluding hydrogens is 452 g/mol. The standard InChI is InChI=1S/C21H24N4O7S/c26-20(11-12-23-33(30,31)17-9-7-15(8-10-17)25(28)29)24-19-6-2-1-5-18(19)21(27)22-14-16-4-3-13-32-16/h1-2,5-10,16,23H,3-4,11-14H2,(H,22,27)(H,24,26). The number of nitrogens with one attached hydrogen (secondary N) is 3. The molecule has 33 heavy (non-hydrogen) atoms. The molecule has 2 aromatic rings. The topological polar surface area (TPSA) is 157 Å². The molecule has 1 aliphatic rings. The van der Waals surface area contributed by atoms with Gasteiger partial charge in [0.05, 0.1) is 27.2 Å². The lowest BCUT2D eigenvalue weighted by molar-refractivity contribution is -0.384. The first kappa shape index (κ1) is 24.3. The van der Waals surface area contributed by atoms with Crippen LogP contribution in [0.25, 0.3) is 0 Å². The summed E-state index contributed by atoms with van der Waals surface area (Å²) in [4.78, 5) is 34.7. The molecule has 12 heteroatoms. The lowest BCUT2D eigenvalue weighted by Gasteiger charge is -2.14. The van der Waals surface area contributed by atoms with Crippen molar-refractivity contribution in [2.75, 3.05) is 25.0 Å². The molecular formula is C21H24N4O7S. The molecule has 1 saturated heterocycles. The molecule has 1 atom stereocenters. The van der Waals surface area contributed by atoms with Crippen LogP contribution in [-0.4, -0.2) is 51.0 Å². The number of anilines is 1. The number of nitro benzene ring substituents is 1. The van der Waals surface area contributed by atoms with Gasteiger partial charge in [0.25, 0.3) is 11.6 Å². The second-order valence-corrected chi connectivity index (χ2v) is 9.10. The number of ether oxygens (including phenoxy) is 1. The quantitative estimate of drug-likeness (QED) is 0.349. The number of hydrogen-bond acceptors (Lipinski definition) is 7. The van der Waals surface area contributed by atoms with Crippen LogP contribution >= 0.6 is 0 Å². The summed E-state index contributed by atoms with van der Waals surface area (Å²) in [5, 5.41) is 16.1. The van der Waals surface area contributed by atoms with E-state index >= 15 is 0 Å². The monoisotopic (exact) mass is 476 g/mol. The van der Waals surface area contributed by atoms with Crippen LogP contribution in [-0.2, 0) is 19.6 Å². The third-order valence-corrected chi connectivity index (χ3v) is 6.44. The SMILES string of the molecule is O=C(CCNS(=O)(=O)c1ccc([N+](=O)[O-])cc1)Nc1ccccc1C(=O)NCC1CCCO1. The highest BCUT2D eigenvalue weighted by atomic mass is 32.2. The van der Waals surface area contributed by atoms with Crippen molar-refractivity contribution in [1.82, 2.24) is 10.0 Å². The lowest BCUT2D eigenvalue weighted by atomic mass is 10.1. The van der Waals surface area contributed by atoms with E-state index in [1.54, 1.807) is 24.3 Å².